The summed E-state index contributed by atoms with van der Waals surface area (Å²) in [5.41, 5.74) is 0.538. The molecule has 0 aliphatic carbocycles. The van der Waals surface area contributed by atoms with E-state index in [0.29, 0.717) is 5.69 Å². The minimum atomic E-state index is 0.0567. The molecule has 1 aromatic rings. The molecule has 18 heavy (non-hydrogen) atoms. The summed E-state index contributed by atoms with van der Waals surface area (Å²) >= 11 is 0. The van der Waals surface area contributed by atoms with Gasteiger partial charge in [0, 0.05) is 20.1 Å². The second-order valence-electron chi connectivity index (χ2n) is 4.99. The first-order chi connectivity index (χ1) is 8.70. The molecule has 0 saturated carbocycles. The van der Waals surface area contributed by atoms with Gasteiger partial charge in [0.1, 0.15) is 11.5 Å². The molecule has 1 unspecified atom stereocenters. The zero-order chi connectivity index (χ0) is 13.0. The average molecular weight is 247 g/mol. The van der Waals surface area contributed by atoms with E-state index < -0.39 is 0 Å². The predicted octanol–water partition coefficient (Wildman–Crippen LogP) is 2.39. The lowest BCUT2D eigenvalue weighted by Gasteiger charge is -2.20. The maximum Gasteiger partial charge on any atom is 0.272 e. The molecular weight excluding hydrogens is 226 g/mol. The number of nitrogens with one attached hydrogen (secondary N) is 1. The maximum absolute atomic E-state index is 12.4. The van der Waals surface area contributed by atoms with Gasteiger partial charge in [-0.05, 0) is 37.3 Å². The molecule has 1 fully saturated rings. The number of pyridine rings is 1. The Bertz CT molecular complexity index is 419. The number of hydrogen-bond donors (Lipinski definition) is 1. The zero-order valence-corrected chi connectivity index (χ0v) is 11.1. The molecule has 1 aliphatic rings. The van der Waals surface area contributed by atoms with E-state index in [2.05, 4.69) is 17.2 Å². The van der Waals surface area contributed by atoms with Crippen molar-refractivity contribution in [3.8, 4) is 0 Å². The summed E-state index contributed by atoms with van der Waals surface area (Å²) in [5, 5.41) is 2.96. The monoisotopic (exact) mass is 247 g/mol. The van der Waals surface area contributed by atoms with Gasteiger partial charge in [-0.25, -0.2) is 4.98 Å². The van der Waals surface area contributed by atoms with Crippen molar-refractivity contribution < 1.29 is 4.79 Å². The van der Waals surface area contributed by atoms with E-state index in [1.54, 1.807) is 6.07 Å². The molecule has 0 bridgehead atoms. The van der Waals surface area contributed by atoms with Crippen molar-refractivity contribution in [1.29, 1.82) is 0 Å². The van der Waals surface area contributed by atoms with Gasteiger partial charge in [-0.2, -0.15) is 0 Å². The molecule has 0 aromatic carbocycles. The van der Waals surface area contributed by atoms with Crippen LogP contribution in [0, 0.1) is 5.92 Å². The summed E-state index contributed by atoms with van der Waals surface area (Å²) in [4.78, 5) is 18.6. The van der Waals surface area contributed by atoms with Crippen LogP contribution in [0.4, 0.5) is 5.82 Å². The number of nitrogens with zero attached hydrogens (tertiary/aromatic N) is 2. The second-order valence-corrected chi connectivity index (χ2v) is 4.99. The Morgan fingerprint density at radius 1 is 1.39 bits per heavy atom. The lowest BCUT2D eigenvalue weighted by molar-refractivity contribution is 0.0754. The summed E-state index contributed by atoms with van der Waals surface area (Å²) in [6.45, 7) is 3.97. The quantitative estimate of drug-likeness (QED) is 0.872. The fourth-order valence-electron chi connectivity index (χ4n) is 2.32. The highest BCUT2D eigenvalue weighted by Gasteiger charge is 2.20. The van der Waals surface area contributed by atoms with Crippen LogP contribution in [-0.2, 0) is 0 Å². The number of hydrogen-bond acceptors (Lipinski definition) is 3. The third kappa shape index (κ3) is 3.00. The number of anilines is 1. The average Bonchev–Trinajstić information content (AvgIpc) is 2.63. The fourth-order valence-corrected chi connectivity index (χ4v) is 2.32. The topological polar surface area (TPSA) is 45.2 Å². The van der Waals surface area contributed by atoms with Crippen molar-refractivity contribution in [3.63, 3.8) is 0 Å². The number of carbonyl (C=O) groups is 1. The highest BCUT2D eigenvalue weighted by molar-refractivity contribution is 5.92. The van der Waals surface area contributed by atoms with Gasteiger partial charge in [0.15, 0.2) is 0 Å². The van der Waals surface area contributed by atoms with Crippen molar-refractivity contribution in [3.05, 3.63) is 23.9 Å². The molecule has 4 heteroatoms. The van der Waals surface area contributed by atoms with Gasteiger partial charge < -0.3 is 10.2 Å². The third-order valence-electron chi connectivity index (χ3n) is 3.53. The maximum atomic E-state index is 12.4. The van der Waals surface area contributed by atoms with E-state index in [0.717, 1.165) is 37.7 Å². The van der Waals surface area contributed by atoms with E-state index in [1.807, 2.05) is 24.1 Å². The molecule has 1 atom stereocenters. The Morgan fingerprint density at radius 2 is 2.22 bits per heavy atom. The molecule has 2 rings (SSSR count). The first-order valence-corrected chi connectivity index (χ1v) is 6.65. The van der Waals surface area contributed by atoms with Crippen LogP contribution in [0.15, 0.2) is 18.2 Å². The highest BCUT2D eigenvalue weighted by Crippen LogP contribution is 2.18. The first-order valence-electron chi connectivity index (χ1n) is 6.65. The lowest BCUT2D eigenvalue weighted by Crippen LogP contribution is -2.32. The van der Waals surface area contributed by atoms with Crippen molar-refractivity contribution in [2.45, 2.75) is 26.2 Å². The zero-order valence-electron chi connectivity index (χ0n) is 11.1. The van der Waals surface area contributed by atoms with Crippen molar-refractivity contribution in [2.24, 2.45) is 5.92 Å². The molecule has 2 heterocycles. The molecule has 4 nitrogen and oxygen atoms in total. The minimum absolute atomic E-state index is 0.0567. The van der Waals surface area contributed by atoms with Crippen LogP contribution < -0.4 is 5.32 Å². The number of amides is 1. The molecular formula is C14H21N3O. The third-order valence-corrected chi connectivity index (χ3v) is 3.53. The predicted molar refractivity (Wildman–Crippen MR) is 72.7 cm³/mol. The number of rotatable bonds is 2. The normalized spacial score (nSPS) is 20.3. The van der Waals surface area contributed by atoms with Crippen LogP contribution in [0.1, 0.15) is 36.7 Å². The minimum Gasteiger partial charge on any atom is -0.373 e. The summed E-state index contributed by atoms with van der Waals surface area (Å²) < 4.78 is 0. The van der Waals surface area contributed by atoms with E-state index in [-0.39, 0.29) is 5.91 Å². The smallest absolute Gasteiger partial charge is 0.272 e. The van der Waals surface area contributed by atoms with Gasteiger partial charge in [-0.1, -0.05) is 13.0 Å². The molecule has 1 aliphatic heterocycles. The standard InChI is InChI=1S/C14H21N3O/c1-11-5-4-9-17(10-8-11)14(18)12-6-3-7-13(15-2)16-12/h3,6-7,11H,4-5,8-10H2,1-2H3,(H,15,16). The molecule has 1 aromatic heterocycles. The highest BCUT2D eigenvalue weighted by atomic mass is 16.2. The van der Waals surface area contributed by atoms with Crippen LogP contribution in [-0.4, -0.2) is 35.9 Å². The van der Waals surface area contributed by atoms with Crippen LogP contribution in [0.25, 0.3) is 0 Å². The van der Waals surface area contributed by atoms with Crippen molar-refractivity contribution in [2.75, 3.05) is 25.5 Å². The largest absolute Gasteiger partial charge is 0.373 e. The van der Waals surface area contributed by atoms with Crippen LogP contribution >= 0.6 is 0 Å². The molecule has 1 N–H and O–H groups in total. The molecule has 98 valence electrons. The van der Waals surface area contributed by atoms with Crippen LogP contribution in [0.2, 0.25) is 0 Å². The van der Waals surface area contributed by atoms with E-state index >= 15 is 0 Å². The van der Waals surface area contributed by atoms with Crippen molar-refractivity contribution >= 4 is 11.7 Å². The van der Waals surface area contributed by atoms with E-state index in [1.165, 1.54) is 6.42 Å². The van der Waals surface area contributed by atoms with Gasteiger partial charge in [-0.3, -0.25) is 4.79 Å². The van der Waals surface area contributed by atoms with Crippen LogP contribution in [0.3, 0.4) is 0 Å². The molecule has 1 amide bonds. The van der Waals surface area contributed by atoms with Gasteiger partial charge in [0.25, 0.3) is 5.91 Å². The van der Waals surface area contributed by atoms with Gasteiger partial charge in [0.2, 0.25) is 0 Å². The number of carbonyl (C=O) groups excluding carboxylic acids is 1. The molecule has 0 radical (unpaired) electrons. The Balaban J connectivity index is 2.09. The SMILES string of the molecule is CNc1cccc(C(=O)N2CCCC(C)CC2)n1. The molecule has 0 spiro atoms. The summed E-state index contributed by atoms with van der Waals surface area (Å²) in [6, 6.07) is 5.52. The van der Waals surface area contributed by atoms with Gasteiger partial charge in [0.05, 0.1) is 0 Å². The number of likely N-dealkylation sites (tertiary alicyclic amines) is 1. The number of aromatic nitrogens is 1. The summed E-state index contributed by atoms with van der Waals surface area (Å²) in [6.07, 6.45) is 3.41. The lowest BCUT2D eigenvalue weighted by atomic mass is 10.0. The summed E-state index contributed by atoms with van der Waals surface area (Å²) in [5.74, 6) is 1.52. The van der Waals surface area contributed by atoms with Gasteiger partial charge in [-0.15, -0.1) is 0 Å². The Hall–Kier alpha value is -1.58. The Morgan fingerprint density at radius 3 is 3.00 bits per heavy atom. The fraction of sp³-hybridized carbons (Fsp3) is 0.571. The Kier molecular flexibility index (Phi) is 4.18. The van der Waals surface area contributed by atoms with E-state index in [4.69, 9.17) is 0 Å². The second kappa shape index (κ2) is 5.85. The molecule has 1 saturated heterocycles. The van der Waals surface area contributed by atoms with Gasteiger partial charge >= 0.3 is 0 Å². The first kappa shape index (κ1) is 12.9. The van der Waals surface area contributed by atoms with Crippen LogP contribution in [0.5, 0.6) is 0 Å². The van der Waals surface area contributed by atoms with E-state index in [9.17, 15) is 4.79 Å². The summed E-state index contributed by atoms with van der Waals surface area (Å²) in [7, 11) is 1.81. The Labute approximate surface area is 108 Å². The van der Waals surface area contributed by atoms with Crippen molar-refractivity contribution in [1.82, 2.24) is 9.88 Å².